The van der Waals surface area contributed by atoms with Gasteiger partial charge in [-0.05, 0) is 0 Å². The standard InChI is InChI=1S/C12H22O11/c13-1-3(15)5(16)7(18)9(20)11(22)12-10(21)8(19)6(17)4(2-14)23-12/h3-10,12-21H,1-2H2/t3-,4-,5+,6+,7+,8+,9-,10-,12+/m1/s1. The SMILES string of the molecule is O=C([C@H]1O[C@H](CO)[C@H](O)[C@H](O)[C@H]1O)[C@H](O)[C@@H](O)[C@@H](O)[C@H](O)CO. The van der Waals surface area contributed by atoms with Gasteiger partial charge in [-0.1, -0.05) is 0 Å². The van der Waals surface area contributed by atoms with Crippen LogP contribution in [0.2, 0.25) is 0 Å². The summed E-state index contributed by atoms with van der Waals surface area (Å²) in [5.74, 6) is -1.35. The van der Waals surface area contributed by atoms with Crippen LogP contribution in [0.3, 0.4) is 0 Å². The van der Waals surface area contributed by atoms with Crippen molar-refractivity contribution in [1.82, 2.24) is 0 Å². The number of ether oxygens (including phenoxy) is 1. The molecule has 0 aromatic carbocycles. The van der Waals surface area contributed by atoms with Crippen LogP contribution < -0.4 is 0 Å². The molecule has 11 nitrogen and oxygen atoms in total. The fourth-order valence-electron chi connectivity index (χ4n) is 2.20. The van der Waals surface area contributed by atoms with Gasteiger partial charge in [0.15, 0.2) is 5.78 Å². The van der Waals surface area contributed by atoms with E-state index in [1.165, 1.54) is 0 Å². The highest BCUT2D eigenvalue weighted by Gasteiger charge is 2.49. The molecule has 9 atom stereocenters. The summed E-state index contributed by atoms with van der Waals surface area (Å²) in [5, 5.41) is 84.5. The number of Topliss-reactive ketones (excluding diaryl/α,β-unsaturated/α-hetero) is 1. The van der Waals surface area contributed by atoms with Crippen molar-refractivity contribution in [2.45, 2.75) is 54.9 Å². The molecular formula is C12H22O11. The van der Waals surface area contributed by atoms with Gasteiger partial charge in [-0.15, -0.1) is 0 Å². The Bertz CT molecular complexity index is 389. The fourth-order valence-corrected chi connectivity index (χ4v) is 2.20. The number of hydrogen-bond acceptors (Lipinski definition) is 11. The van der Waals surface area contributed by atoms with E-state index in [0.29, 0.717) is 0 Å². The molecule has 0 saturated carbocycles. The summed E-state index contributed by atoms with van der Waals surface area (Å²) in [6, 6.07) is 0. The van der Waals surface area contributed by atoms with Crippen LogP contribution in [0.15, 0.2) is 0 Å². The number of rotatable bonds is 7. The smallest absolute Gasteiger partial charge is 0.195 e. The molecule has 0 aromatic heterocycles. The van der Waals surface area contributed by atoms with Crippen LogP contribution in [0, 0.1) is 0 Å². The minimum absolute atomic E-state index is 0.792. The summed E-state index contributed by atoms with van der Waals surface area (Å²) < 4.78 is 4.91. The van der Waals surface area contributed by atoms with Crippen molar-refractivity contribution >= 4 is 5.78 Å². The lowest BCUT2D eigenvalue weighted by Crippen LogP contribution is -2.63. The number of ketones is 1. The Morgan fingerprint density at radius 3 is 1.96 bits per heavy atom. The van der Waals surface area contributed by atoms with Crippen molar-refractivity contribution < 1.29 is 55.5 Å². The van der Waals surface area contributed by atoms with Crippen molar-refractivity contribution in [3.05, 3.63) is 0 Å². The molecule has 0 spiro atoms. The predicted molar refractivity (Wildman–Crippen MR) is 69.9 cm³/mol. The monoisotopic (exact) mass is 342 g/mol. The quantitative estimate of drug-likeness (QED) is 0.212. The lowest BCUT2D eigenvalue weighted by molar-refractivity contribution is -0.231. The molecule has 0 radical (unpaired) electrons. The van der Waals surface area contributed by atoms with Crippen LogP contribution in [-0.4, -0.2) is 120 Å². The predicted octanol–water partition coefficient (Wildman–Crippen LogP) is -6.17. The molecule has 136 valence electrons. The van der Waals surface area contributed by atoms with Crippen molar-refractivity contribution in [3.8, 4) is 0 Å². The number of carbonyl (C=O) groups excluding carboxylic acids is 1. The highest BCUT2D eigenvalue weighted by molar-refractivity contribution is 5.88. The average molecular weight is 342 g/mol. The Morgan fingerprint density at radius 1 is 0.913 bits per heavy atom. The first-order valence-corrected chi connectivity index (χ1v) is 6.84. The van der Waals surface area contributed by atoms with E-state index in [9.17, 15) is 40.5 Å². The van der Waals surface area contributed by atoms with Crippen LogP contribution >= 0.6 is 0 Å². The van der Waals surface area contributed by atoms with E-state index in [1.54, 1.807) is 0 Å². The second kappa shape index (κ2) is 8.39. The Balaban J connectivity index is 2.85. The van der Waals surface area contributed by atoms with E-state index in [0.717, 1.165) is 0 Å². The molecule has 1 saturated heterocycles. The van der Waals surface area contributed by atoms with Gasteiger partial charge in [0.05, 0.1) is 13.2 Å². The molecule has 23 heavy (non-hydrogen) atoms. The third kappa shape index (κ3) is 4.22. The van der Waals surface area contributed by atoms with E-state index >= 15 is 0 Å². The van der Waals surface area contributed by atoms with Crippen LogP contribution in [0.4, 0.5) is 0 Å². The maximum atomic E-state index is 12.1. The normalized spacial score (nSPS) is 37.0. The van der Waals surface area contributed by atoms with Gasteiger partial charge in [0.1, 0.15) is 54.9 Å². The number of aliphatic hydroxyl groups excluding tert-OH is 9. The highest BCUT2D eigenvalue weighted by atomic mass is 16.5. The van der Waals surface area contributed by atoms with Crippen molar-refractivity contribution in [2.75, 3.05) is 13.2 Å². The number of hydrogen-bond donors (Lipinski definition) is 9. The third-order valence-corrected chi connectivity index (χ3v) is 3.72. The second-order valence-corrected chi connectivity index (χ2v) is 5.33. The lowest BCUT2D eigenvalue weighted by atomic mass is 9.89. The first-order chi connectivity index (χ1) is 10.7. The topological polar surface area (TPSA) is 208 Å². The molecule has 1 heterocycles. The number of aliphatic hydroxyl groups is 9. The highest BCUT2D eigenvalue weighted by Crippen LogP contribution is 2.23. The average Bonchev–Trinajstić information content (AvgIpc) is 2.56. The van der Waals surface area contributed by atoms with Gasteiger partial charge in [-0.25, -0.2) is 0 Å². The molecule has 0 bridgehead atoms. The maximum Gasteiger partial charge on any atom is 0.195 e. The van der Waals surface area contributed by atoms with Crippen LogP contribution in [-0.2, 0) is 9.53 Å². The molecular weight excluding hydrogens is 320 g/mol. The third-order valence-electron chi connectivity index (χ3n) is 3.72. The van der Waals surface area contributed by atoms with Gasteiger partial charge in [0.2, 0.25) is 0 Å². The lowest BCUT2D eigenvalue weighted by Gasteiger charge is -2.40. The van der Waals surface area contributed by atoms with Gasteiger partial charge in [0.25, 0.3) is 0 Å². The number of carbonyl (C=O) groups is 1. The minimum atomic E-state index is -2.33. The van der Waals surface area contributed by atoms with E-state index in [4.69, 9.17) is 14.9 Å². The maximum absolute atomic E-state index is 12.1. The van der Waals surface area contributed by atoms with Gasteiger partial charge < -0.3 is 50.7 Å². The van der Waals surface area contributed by atoms with Crippen LogP contribution in [0.5, 0.6) is 0 Å². The van der Waals surface area contributed by atoms with Crippen LogP contribution in [0.25, 0.3) is 0 Å². The Kier molecular flexibility index (Phi) is 7.41. The molecule has 1 fully saturated rings. The fraction of sp³-hybridized carbons (Fsp3) is 0.917. The molecule has 9 N–H and O–H groups in total. The van der Waals surface area contributed by atoms with Crippen molar-refractivity contribution in [2.24, 2.45) is 0 Å². The van der Waals surface area contributed by atoms with E-state index in [-0.39, 0.29) is 0 Å². The first kappa shape index (κ1) is 20.3. The second-order valence-electron chi connectivity index (χ2n) is 5.33. The molecule has 1 rings (SSSR count). The summed E-state index contributed by atoms with van der Waals surface area (Å²) >= 11 is 0. The molecule has 0 amide bonds. The van der Waals surface area contributed by atoms with Gasteiger partial charge in [-0.2, -0.15) is 0 Å². The van der Waals surface area contributed by atoms with E-state index in [1.807, 2.05) is 0 Å². The molecule has 0 aliphatic carbocycles. The largest absolute Gasteiger partial charge is 0.394 e. The van der Waals surface area contributed by atoms with Crippen molar-refractivity contribution in [3.63, 3.8) is 0 Å². The van der Waals surface area contributed by atoms with Crippen LogP contribution in [0.1, 0.15) is 0 Å². The Morgan fingerprint density at radius 2 is 1.48 bits per heavy atom. The van der Waals surface area contributed by atoms with Gasteiger partial charge in [-0.3, -0.25) is 4.79 Å². The zero-order valence-electron chi connectivity index (χ0n) is 12.0. The van der Waals surface area contributed by atoms with Gasteiger partial charge in [0, 0.05) is 0 Å². The zero-order chi connectivity index (χ0) is 17.9. The Labute approximate surface area is 130 Å². The van der Waals surface area contributed by atoms with Gasteiger partial charge >= 0.3 is 0 Å². The first-order valence-electron chi connectivity index (χ1n) is 6.84. The molecule has 1 aliphatic rings. The van der Waals surface area contributed by atoms with E-state index in [2.05, 4.69) is 0 Å². The summed E-state index contributed by atoms with van der Waals surface area (Å²) in [4.78, 5) is 12.1. The van der Waals surface area contributed by atoms with E-state index < -0.39 is 73.9 Å². The summed E-state index contributed by atoms with van der Waals surface area (Å²) in [6.45, 7) is -1.74. The molecule has 11 heteroatoms. The van der Waals surface area contributed by atoms with Crippen molar-refractivity contribution in [1.29, 1.82) is 0 Å². The zero-order valence-corrected chi connectivity index (χ0v) is 12.0. The summed E-state index contributed by atoms with van der Waals surface area (Å²) in [6.07, 6.45) is -17.2. The summed E-state index contributed by atoms with van der Waals surface area (Å²) in [5.41, 5.74) is 0. The summed E-state index contributed by atoms with van der Waals surface area (Å²) in [7, 11) is 0. The molecule has 0 aromatic rings. The molecule has 1 aliphatic heterocycles. The minimum Gasteiger partial charge on any atom is -0.394 e. The Hall–Kier alpha value is -0.730. The molecule has 0 unspecified atom stereocenters.